The number of esters is 2. The second-order valence-corrected chi connectivity index (χ2v) is 4.82. The van der Waals surface area contributed by atoms with E-state index in [1.165, 1.54) is 27.9 Å². The largest absolute Gasteiger partial charge is 0.457 e. The second-order valence-electron chi connectivity index (χ2n) is 4.82. The molecular formula is C13H21NO7. The number of hydrogen-bond acceptors (Lipinski definition) is 7. The normalized spacial score (nSPS) is 32.1. The SMILES string of the molecule is CO[C@H]1O[C@@H](C)[C@@H](OC(C)=O)[C@@H](NC(C)=O)[C@H]1OC(C)=O. The maximum Gasteiger partial charge on any atom is 0.303 e. The number of rotatable bonds is 4. The van der Waals surface area contributed by atoms with Gasteiger partial charge in [-0.3, -0.25) is 14.4 Å². The Morgan fingerprint density at radius 1 is 1.00 bits per heavy atom. The first-order valence-corrected chi connectivity index (χ1v) is 6.56. The zero-order valence-electron chi connectivity index (χ0n) is 12.7. The molecule has 1 aliphatic rings. The second kappa shape index (κ2) is 7.37. The van der Waals surface area contributed by atoms with Gasteiger partial charge >= 0.3 is 11.9 Å². The van der Waals surface area contributed by atoms with Crippen LogP contribution in [-0.4, -0.2) is 55.6 Å². The van der Waals surface area contributed by atoms with E-state index in [0.29, 0.717) is 0 Å². The molecule has 8 heteroatoms. The maximum absolute atomic E-state index is 11.4. The molecule has 0 radical (unpaired) electrons. The lowest BCUT2D eigenvalue weighted by atomic mass is 9.96. The van der Waals surface area contributed by atoms with Crippen LogP contribution in [0.15, 0.2) is 0 Å². The van der Waals surface area contributed by atoms with Gasteiger partial charge in [-0.2, -0.15) is 0 Å². The molecule has 0 unspecified atom stereocenters. The predicted octanol–water partition coefficient (Wildman–Crippen LogP) is -0.254. The summed E-state index contributed by atoms with van der Waals surface area (Å²) in [5, 5.41) is 2.63. The summed E-state index contributed by atoms with van der Waals surface area (Å²) in [5.41, 5.74) is 0. The monoisotopic (exact) mass is 303 g/mol. The molecule has 0 saturated carbocycles. The highest BCUT2D eigenvalue weighted by molar-refractivity contribution is 5.74. The minimum atomic E-state index is -0.919. The topological polar surface area (TPSA) is 100 Å². The van der Waals surface area contributed by atoms with Crippen LogP contribution in [0, 0.1) is 0 Å². The third-order valence-corrected chi connectivity index (χ3v) is 2.99. The Kier molecular flexibility index (Phi) is 6.10. The van der Waals surface area contributed by atoms with Crippen molar-refractivity contribution < 1.29 is 33.3 Å². The van der Waals surface area contributed by atoms with Crippen molar-refractivity contribution in [3.05, 3.63) is 0 Å². The molecule has 0 spiro atoms. The number of amides is 1. The fraction of sp³-hybridized carbons (Fsp3) is 0.769. The van der Waals surface area contributed by atoms with E-state index in [9.17, 15) is 14.4 Å². The lowest BCUT2D eigenvalue weighted by Gasteiger charge is -2.43. The first-order valence-electron chi connectivity index (χ1n) is 6.56. The lowest BCUT2D eigenvalue weighted by molar-refractivity contribution is -0.270. The molecule has 5 atom stereocenters. The van der Waals surface area contributed by atoms with Crippen LogP contribution in [-0.2, 0) is 33.3 Å². The molecule has 21 heavy (non-hydrogen) atoms. The molecule has 1 rings (SSSR count). The highest BCUT2D eigenvalue weighted by atomic mass is 16.7. The fourth-order valence-corrected chi connectivity index (χ4v) is 2.28. The van der Waals surface area contributed by atoms with Crippen molar-refractivity contribution in [3.63, 3.8) is 0 Å². The van der Waals surface area contributed by atoms with E-state index in [1.54, 1.807) is 6.92 Å². The van der Waals surface area contributed by atoms with Crippen molar-refractivity contribution in [1.82, 2.24) is 5.32 Å². The average molecular weight is 303 g/mol. The molecule has 1 heterocycles. The van der Waals surface area contributed by atoms with Gasteiger partial charge in [-0.1, -0.05) is 0 Å². The third-order valence-electron chi connectivity index (χ3n) is 2.99. The van der Waals surface area contributed by atoms with Crippen LogP contribution in [0.1, 0.15) is 27.7 Å². The third kappa shape index (κ3) is 4.68. The minimum absolute atomic E-state index is 0.349. The molecule has 1 amide bonds. The molecule has 1 fully saturated rings. The van der Waals surface area contributed by atoms with E-state index in [0.717, 1.165) is 0 Å². The fourth-order valence-electron chi connectivity index (χ4n) is 2.28. The Morgan fingerprint density at radius 2 is 1.52 bits per heavy atom. The van der Waals surface area contributed by atoms with Crippen LogP contribution in [0.25, 0.3) is 0 Å². The number of ether oxygens (including phenoxy) is 4. The molecule has 0 aromatic rings. The standard InChI is InChI=1S/C13H21NO7/c1-6-11(20-8(3)16)10(14-7(2)15)12(21-9(4)17)13(18-5)19-6/h6,10-13H,1-5H3,(H,14,15)/t6-,10+,11+,12+,13-/m0/s1. The first-order chi connectivity index (χ1) is 9.76. The van der Waals surface area contributed by atoms with Gasteiger partial charge in [0.1, 0.15) is 6.04 Å². The minimum Gasteiger partial charge on any atom is -0.457 e. The molecule has 8 nitrogen and oxygen atoms in total. The first kappa shape index (κ1) is 17.4. The maximum atomic E-state index is 11.4. The molecule has 0 aromatic carbocycles. The van der Waals surface area contributed by atoms with Crippen LogP contribution in [0.4, 0.5) is 0 Å². The van der Waals surface area contributed by atoms with Crippen molar-refractivity contribution in [2.75, 3.05) is 7.11 Å². The van der Waals surface area contributed by atoms with Gasteiger partial charge in [-0.05, 0) is 6.92 Å². The molecule has 120 valence electrons. The van der Waals surface area contributed by atoms with E-state index in [4.69, 9.17) is 18.9 Å². The van der Waals surface area contributed by atoms with E-state index in [-0.39, 0.29) is 5.91 Å². The van der Waals surface area contributed by atoms with Gasteiger partial charge in [0.15, 0.2) is 18.5 Å². The van der Waals surface area contributed by atoms with Crippen molar-refractivity contribution in [3.8, 4) is 0 Å². The highest BCUT2D eigenvalue weighted by Gasteiger charge is 2.48. The van der Waals surface area contributed by atoms with E-state index < -0.39 is 42.6 Å². The van der Waals surface area contributed by atoms with Crippen molar-refractivity contribution in [2.45, 2.75) is 58.3 Å². The molecule has 1 N–H and O–H groups in total. The van der Waals surface area contributed by atoms with E-state index in [1.807, 2.05) is 0 Å². The number of carbonyl (C=O) groups is 3. The van der Waals surface area contributed by atoms with Gasteiger partial charge in [0.25, 0.3) is 0 Å². The summed E-state index contributed by atoms with van der Waals surface area (Å²) < 4.78 is 21.1. The summed E-state index contributed by atoms with van der Waals surface area (Å²) in [7, 11) is 1.39. The van der Waals surface area contributed by atoms with Crippen molar-refractivity contribution >= 4 is 17.8 Å². The molecule has 0 bridgehead atoms. The Morgan fingerprint density at radius 3 is 1.95 bits per heavy atom. The van der Waals surface area contributed by atoms with Crippen LogP contribution >= 0.6 is 0 Å². The highest BCUT2D eigenvalue weighted by Crippen LogP contribution is 2.26. The summed E-state index contributed by atoms with van der Waals surface area (Å²) in [6, 6.07) is -0.760. The lowest BCUT2D eigenvalue weighted by Crippen LogP contribution is -2.65. The molecule has 1 saturated heterocycles. The number of hydrogen-bond donors (Lipinski definition) is 1. The zero-order valence-corrected chi connectivity index (χ0v) is 12.7. The summed E-state index contributed by atoms with van der Waals surface area (Å²) in [6.45, 7) is 5.48. The summed E-state index contributed by atoms with van der Waals surface area (Å²) in [5.74, 6) is -1.43. The summed E-state index contributed by atoms with van der Waals surface area (Å²) >= 11 is 0. The number of nitrogens with one attached hydrogen (secondary N) is 1. The van der Waals surface area contributed by atoms with Gasteiger partial charge < -0.3 is 24.3 Å². The van der Waals surface area contributed by atoms with E-state index in [2.05, 4.69) is 5.32 Å². The van der Waals surface area contributed by atoms with Gasteiger partial charge in [0, 0.05) is 27.9 Å². The number of carbonyl (C=O) groups excluding carboxylic acids is 3. The molecule has 1 aliphatic heterocycles. The quantitative estimate of drug-likeness (QED) is 0.714. The van der Waals surface area contributed by atoms with Crippen LogP contribution < -0.4 is 5.32 Å². The van der Waals surface area contributed by atoms with Crippen LogP contribution in [0.5, 0.6) is 0 Å². The average Bonchev–Trinajstić information content (AvgIpc) is 2.35. The zero-order chi connectivity index (χ0) is 16.2. The Balaban J connectivity index is 3.08. The summed E-state index contributed by atoms with van der Waals surface area (Å²) in [4.78, 5) is 33.9. The van der Waals surface area contributed by atoms with Crippen molar-refractivity contribution in [1.29, 1.82) is 0 Å². The van der Waals surface area contributed by atoms with Crippen LogP contribution in [0.2, 0.25) is 0 Å². The van der Waals surface area contributed by atoms with Gasteiger partial charge in [0.05, 0.1) is 6.10 Å². The summed E-state index contributed by atoms with van der Waals surface area (Å²) in [6.07, 6.45) is -3.12. The van der Waals surface area contributed by atoms with E-state index >= 15 is 0 Å². The predicted molar refractivity (Wildman–Crippen MR) is 70.1 cm³/mol. The van der Waals surface area contributed by atoms with Gasteiger partial charge in [0.2, 0.25) is 5.91 Å². The molecule has 0 aromatic heterocycles. The Labute approximate surface area is 123 Å². The molecular weight excluding hydrogens is 282 g/mol. The van der Waals surface area contributed by atoms with Crippen molar-refractivity contribution in [2.24, 2.45) is 0 Å². The van der Waals surface area contributed by atoms with Gasteiger partial charge in [-0.15, -0.1) is 0 Å². The van der Waals surface area contributed by atoms with Crippen LogP contribution in [0.3, 0.4) is 0 Å². The number of methoxy groups -OCH3 is 1. The van der Waals surface area contributed by atoms with Gasteiger partial charge in [-0.25, -0.2) is 0 Å². The smallest absolute Gasteiger partial charge is 0.303 e. The molecule has 0 aliphatic carbocycles. The Hall–Kier alpha value is -1.67. The Bertz CT molecular complexity index is 411.